The van der Waals surface area contributed by atoms with Crippen molar-refractivity contribution in [1.82, 2.24) is 30.2 Å². The lowest BCUT2D eigenvalue weighted by atomic mass is 9.90. The molecule has 2 aliphatic rings. The maximum Gasteiger partial charge on any atom is 0.270 e. The first-order valence-corrected chi connectivity index (χ1v) is 16.7. The number of benzene rings is 1. The predicted octanol–water partition coefficient (Wildman–Crippen LogP) is 4.08. The molecule has 11 nitrogen and oxygen atoms in total. The van der Waals surface area contributed by atoms with Crippen LogP contribution in [0.4, 0.5) is 10.1 Å². The average Bonchev–Trinajstić information content (AvgIpc) is 3.40. The van der Waals surface area contributed by atoms with E-state index in [1.807, 2.05) is 20.9 Å². The quantitative estimate of drug-likeness (QED) is 0.318. The van der Waals surface area contributed by atoms with E-state index in [1.54, 1.807) is 41.8 Å². The van der Waals surface area contributed by atoms with Gasteiger partial charge in [-0.25, -0.2) is 4.39 Å². The summed E-state index contributed by atoms with van der Waals surface area (Å²) in [5, 5.41) is 12.8. The molecule has 46 heavy (non-hydrogen) atoms. The first kappa shape index (κ1) is 35.1. The molecule has 3 N–H and O–H groups in total. The van der Waals surface area contributed by atoms with Gasteiger partial charge in [-0.3, -0.25) is 23.9 Å². The Morgan fingerprint density at radius 1 is 0.957 bits per heavy atom. The van der Waals surface area contributed by atoms with Crippen LogP contribution in [0.25, 0.3) is 0 Å². The van der Waals surface area contributed by atoms with Gasteiger partial charge >= 0.3 is 0 Å². The molecule has 1 aromatic heterocycles. The van der Waals surface area contributed by atoms with E-state index in [4.69, 9.17) is 0 Å². The summed E-state index contributed by atoms with van der Waals surface area (Å²) >= 11 is 0. The molecule has 2 heterocycles. The van der Waals surface area contributed by atoms with E-state index in [0.29, 0.717) is 24.3 Å². The zero-order valence-electron chi connectivity index (χ0n) is 27.9. The maximum absolute atomic E-state index is 15.7. The summed E-state index contributed by atoms with van der Waals surface area (Å²) in [7, 11) is 2.00. The molecule has 0 spiro atoms. The Bertz CT molecular complexity index is 1360. The van der Waals surface area contributed by atoms with Crippen LogP contribution in [0.2, 0.25) is 0 Å². The molecule has 252 valence electrons. The maximum atomic E-state index is 15.7. The molecule has 3 atom stereocenters. The summed E-state index contributed by atoms with van der Waals surface area (Å²) in [4.78, 5) is 57.0. The predicted molar refractivity (Wildman–Crippen MR) is 175 cm³/mol. The van der Waals surface area contributed by atoms with Crippen molar-refractivity contribution in [1.29, 1.82) is 0 Å². The van der Waals surface area contributed by atoms with E-state index in [1.165, 1.54) is 12.1 Å². The number of carbonyl (C=O) groups is 4. The lowest BCUT2D eigenvalue weighted by Crippen LogP contribution is -2.55. The number of hydrogen-bond donors (Lipinski definition) is 3. The molecule has 2 aromatic rings. The van der Waals surface area contributed by atoms with E-state index in [9.17, 15) is 19.2 Å². The second-order valence-corrected chi connectivity index (χ2v) is 13.0. The second kappa shape index (κ2) is 16.2. The lowest BCUT2D eigenvalue weighted by Gasteiger charge is -2.36. The van der Waals surface area contributed by atoms with Crippen LogP contribution < -0.4 is 16.0 Å². The molecule has 0 unspecified atom stereocenters. The van der Waals surface area contributed by atoms with Gasteiger partial charge in [0.1, 0.15) is 23.6 Å². The van der Waals surface area contributed by atoms with E-state index in [0.717, 1.165) is 51.6 Å². The standard InChI is InChI=1S/C34H50FN7O4/c1-6-29(43)38-30(34(46)41-19-17-40(5)18-20-41)23(4)25-13-14-27(26(35)21-25)37-33(45)31(24-11-9-7-8-10-12-24)39-32(44)28-15-16-36-42(28)22(2)3/h13-16,21-24,30-31H,6-12,17-20H2,1-5H3,(H,37,45)(H,38,43)(H,39,44)/t23-,30+,31-/m0/s1. The van der Waals surface area contributed by atoms with Crippen molar-refractivity contribution in [3.63, 3.8) is 0 Å². The van der Waals surface area contributed by atoms with Gasteiger partial charge < -0.3 is 25.8 Å². The van der Waals surface area contributed by atoms with Crippen molar-refractivity contribution in [2.45, 2.75) is 96.7 Å². The third-order valence-corrected chi connectivity index (χ3v) is 9.33. The molecule has 1 aliphatic carbocycles. The number of likely N-dealkylation sites (N-methyl/N-ethyl adjacent to an activating group) is 1. The zero-order chi connectivity index (χ0) is 33.4. The first-order chi connectivity index (χ1) is 22.0. The highest BCUT2D eigenvalue weighted by molar-refractivity contribution is 6.00. The smallest absolute Gasteiger partial charge is 0.270 e. The van der Waals surface area contributed by atoms with Crippen molar-refractivity contribution >= 4 is 29.3 Å². The topological polar surface area (TPSA) is 129 Å². The number of amides is 4. The second-order valence-electron chi connectivity index (χ2n) is 13.0. The fourth-order valence-corrected chi connectivity index (χ4v) is 6.38. The Kier molecular flexibility index (Phi) is 12.3. The summed E-state index contributed by atoms with van der Waals surface area (Å²) in [5.74, 6) is -2.60. The average molecular weight is 640 g/mol. The largest absolute Gasteiger partial charge is 0.344 e. The highest BCUT2D eigenvalue weighted by atomic mass is 19.1. The number of nitrogens with zero attached hydrogens (tertiary/aromatic N) is 4. The highest BCUT2D eigenvalue weighted by Crippen LogP contribution is 2.29. The number of nitrogens with one attached hydrogen (secondary N) is 3. The Labute approximate surface area is 271 Å². The SMILES string of the molecule is CCC(=O)N[C@@H](C(=O)N1CCN(C)CC1)[C@@H](C)c1ccc(NC(=O)[C@@H](NC(=O)c2ccnn2C(C)C)C2CCCCCC2)c(F)c1. The van der Waals surface area contributed by atoms with Gasteiger partial charge in [-0.05, 0) is 63.4 Å². The number of carbonyl (C=O) groups excluding carboxylic acids is 4. The number of piperazine rings is 1. The Morgan fingerprint density at radius 3 is 2.24 bits per heavy atom. The van der Waals surface area contributed by atoms with E-state index >= 15 is 4.39 Å². The van der Waals surface area contributed by atoms with Crippen LogP contribution in [0.1, 0.15) is 101 Å². The van der Waals surface area contributed by atoms with Gasteiger partial charge in [-0.2, -0.15) is 5.10 Å². The van der Waals surface area contributed by atoms with Gasteiger partial charge in [0.25, 0.3) is 5.91 Å². The van der Waals surface area contributed by atoms with Crippen molar-refractivity contribution < 1.29 is 23.6 Å². The van der Waals surface area contributed by atoms with Gasteiger partial charge in [0.05, 0.1) is 5.69 Å². The van der Waals surface area contributed by atoms with E-state index in [2.05, 4.69) is 25.9 Å². The van der Waals surface area contributed by atoms with Crippen LogP contribution in [-0.2, 0) is 14.4 Å². The normalized spacial score (nSPS) is 18.4. The summed E-state index contributed by atoms with van der Waals surface area (Å²) in [5.41, 5.74) is 0.873. The van der Waals surface area contributed by atoms with Crippen molar-refractivity contribution in [2.24, 2.45) is 5.92 Å². The molecule has 1 saturated carbocycles. The molecule has 1 saturated heterocycles. The molecular formula is C34H50FN7O4. The fraction of sp³-hybridized carbons (Fsp3) is 0.618. The number of halogens is 1. The minimum atomic E-state index is -0.857. The van der Waals surface area contributed by atoms with Crippen LogP contribution in [0, 0.1) is 11.7 Å². The van der Waals surface area contributed by atoms with Gasteiger partial charge in [-0.1, -0.05) is 45.6 Å². The molecule has 1 aromatic carbocycles. The summed E-state index contributed by atoms with van der Waals surface area (Å²) in [6.07, 6.45) is 7.41. The molecule has 4 rings (SSSR count). The molecule has 2 fully saturated rings. The molecule has 0 bridgehead atoms. The minimum Gasteiger partial charge on any atom is -0.344 e. The van der Waals surface area contributed by atoms with E-state index < -0.39 is 35.6 Å². The molecule has 12 heteroatoms. The molecule has 0 radical (unpaired) electrons. The van der Waals surface area contributed by atoms with Gasteiger partial charge in [0.2, 0.25) is 17.7 Å². The van der Waals surface area contributed by atoms with Crippen LogP contribution in [0.5, 0.6) is 0 Å². The number of aromatic nitrogens is 2. The highest BCUT2D eigenvalue weighted by Gasteiger charge is 2.34. The van der Waals surface area contributed by atoms with Crippen LogP contribution in [0.15, 0.2) is 30.5 Å². The molecular weight excluding hydrogens is 589 g/mol. The first-order valence-electron chi connectivity index (χ1n) is 16.7. The fourth-order valence-electron chi connectivity index (χ4n) is 6.38. The molecule has 1 aliphatic heterocycles. The summed E-state index contributed by atoms with van der Waals surface area (Å²) in [6, 6.07) is 4.34. The van der Waals surface area contributed by atoms with Crippen molar-refractivity contribution in [3.8, 4) is 0 Å². The Hall–Kier alpha value is -3.80. The number of rotatable bonds is 11. The third-order valence-electron chi connectivity index (χ3n) is 9.33. The third kappa shape index (κ3) is 8.71. The van der Waals surface area contributed by atoms with Crippen LogP contribution in [-0.4, -0.2) is 88.5 Å². The zero-order valence-corrected chi connectivity index (χ0v) is 27.9. The van der Waals surface area contributed by atoms with E-state index in [-0.39, 0.29) is 35.9 Å². The Balaban J connectivity index is 1.53. The Morgan fingerprint density at radius 2 is 1.63 bits per heavy atom. The summed E-state index contributed by atoms with van der Waals surface area (Å²) in [6.45, 7) is 9.95. The number of hydrogen-bond acceptors (Lipinski definition) is 6. The molecule has 4 amide bonds. The van der Waals surface area contributed by atoms with Crippen molar-refractivity contribution in [3.05, 3.63) is 47.5 Å². The monoisotopic (exact) mass is 639 g/mol. The van der Waals surface area contributed by atoms with Gasteiger partial charge in [0, 0.05) is 50.8 Å². The minimum absolute atomic E-state index is 0.0134. The van der Waals surface area contributed by atoms with Gasteiger partial charge in [0.15, 0.2) is 0 Å². The van der Waals surface area contributed by atoms with Crippen LogP contribution in [0.3, 0.4) is 0 Å². The summed E-state index contributed by atoms with van der Waals surface area (Å²) < 4.78 is 17.3. The lowest BCUT2D eigenvalue weighted by molar-refractivity contribution is -0.138. The van der Waals surface area contributed by atoms with Gasteiger partial charge in [-0.15, -0.1) is 0 Å². The number of anilines is 1. The van der Waals surface area contributed by atoms with Crippen molar-refractivity contribution in [2.75, 3.05) is 38.5 Å². The van der Waals surface area contributed by atoms with Crippen LogP contribution >= 0.6 is 0 Å².